The zero-order valence-electron chi connectivity index (χ0n) is 19.5. The molecule has 4 aromatic carbocycles. The fraction of sp³-hybridized carbons (Fsp3) is 0.219. The SMILES string of the molecule is CCC1(CC)CCc2ccc3ccccc3c2-c2c(-c3cccc4ccccc34)ccc[n+]21. The molecule has 0 fully saturated rings. The summed E-state index contributed by atoms with van der Waals surface area (Å²) in [4.78, 5) is 0. The molecule has 33 heavy (non-hydrogen) atoms. The highest BCUT2D eigenvalue weighted by Gasteiger charge is 2.42. The number of hydrogen-bond donors (Lipinski definition) is 0. The topological polar surface area (TPSA) is 3.88 Å². The number of aryl methyl sites for hydroxylation is 1. The van der Waals surface area contributed by atoms with Gasteiger partial charge in [0.15, 0.2) is 11.7 Å². The summed E-state index contributed by atoms with van der Waals surface area (Å²) in [5.74, 6) is 0. The number of pyridine rings is 1. The molecule has 0 saturated carbocycles. The quantitative estimate of drug-likeness (QED) is 0.256. The summed E-state index contributed by atoms with van der Waals surface area (Å²) in [5.41, 5.74) is 7.04. The van der Waals surface area contributed by atoms with Crippen LogP contribution in [0.15, 0.2) is 97.2 Å². The molecule has 0 unspecified atom stereocenters. The van der Waals surface area contributed by atoms with Crippen molar-refractivity contribution in [1.29, 1.82) is 0 Å². The van der Waals surface area contributed by atoms with Gasteiger partial charge >= 0.3 is 0 Å². The first kappa shape index (κ1) is 20.2. The molecule has 0 atom stereocenters. The third kappa shape index (κ3) is 3.03. The van der Waals surface area contributed by atoms with E-state index in [1.54, 1.807) is 0 Å². The van der Waals surface area contributed by atoms with Crippen molar-refractivity contribution in [2.45, 2.75) is 45.1 Å². The van der Waals surface area contributed by atoms with Crippen LogP contribution in [0.4, 0.5) is 0 Å². The maximum absolute atomic E-state index is 2.64. The van der Waals surface area contributed by atoms with E-state index in [0.717, 1.165) is 19.3 Å². The Kier molecular flexibility index (Phi) is 4.80. The Labute approximate surface area is 196 Å². The Balaban J connectivity index is 1.79. The maximum atomic E-state index is 2.64. The lowest BCUT2D eigenvalue weighted by Gasteiger charge is -2.27. The van der Waals surface area contributed by atoms with Crippen LogP contribution in [0, 0.1) is 0 Å². The summed E-state index contributed by atoms with van der Waals surface area (Å²) in [6.45, 7) is 4.72. The molecular formula is C32H30N+. The van der Waals surface area contributed by atoms with E-state index in [-0.39, 0.29) is 5.54 Å². The summed E-state index contributed by atoms with van der Waals surface area (Å²) in [5, 5.41) is 5.29. The van der Waals surface area contributed by atoms with E-state index in [0.29, 0.717) is 0 Å². The van der Waals surface area contributed by atoms with Crippen LogP contribution in [-0.4, -0.2) is 0 Å². The fourth-order valence-corrected chi connectivity index (χ4v) is 6.07. The minimum Gasteiger partial charge on any atom is -0.192 e. The molecule has 162 valence electrons. The molecule has 1 aliphatic heterocycles. The van der Waals surface area contributed by atoms with Crippen LogP contribution in [0.1, 0.15) is 38.7 Å². The molecular weight excluding hydrogens is 398 g/mol. The number of fused-ring (bicyclic) bond motifs is 6. The second-order valence-electron chi connectivity index (χ2n) is 9.42. The lowest BCUT2D eigenvalue weighted by Crippen LogP contribution is -2.56. The van der Waals surface area contributed by atoms with Gasteiger partial charge in [0.25, 0.3) is 0 Å². The first-order valence-corrected chi connectivity index (χ1v) is 12.3. The fourth-order valence-electron chi connectivity index (χ4n) is 6.07. The van der Waals surface area contributed by atoms with Crippen LogP contribution in [0.5, 0.6) is 0 Å². The Morgan fingerprint density at radius 3 is 2.12 bits per heavy atom. The van der Waals surface area contributed by atoms with Crippen LogP contribution in [0.2, 0.25) is 0 Å². The average molecular weight is 429 g/mol. The number of nitrogens with zero attached hydrogens (tertiary/aromatic N) is 1. The third-order valence-corrected chi connectivity index (χ3v) is 8.01. The summed E-state index contributed by atoms with van der Waals surface area (Å²) in [7, 11) is 0. The lowest BCUT2D eigenvalue weighted by atomic mass is 9.86. The molecule has 0 N–H and O–H groups in total. The van der Waals surface area contributed by atoms with Crippen molar-refractivity contribution in [2.24, 2.45) is 0 Å². The second-order valence-corrected chi connectivity index (χ2v) is 9.42. The summed E-state index contributed by atoms with van der Waals surface area (Å²) in [6, 6.07) is 33.7. The van der Waals surface area contributed by atoms with Crippen molar-refractivity contribution < 1.29 is 4.57 Å². The van der Waals surface area contributed by atoms with Gasteiger partial charge in [-0.05, 0) is 45.2 Å². The van der Waals surface area contributed by atoms with Crippen molar-refractivity contribution in [1.82, 2.24) is 0 Å². The smallest absolute Gasteiger partial charge is 0.192 e. The van der Waals surface area contributed by atoms with E-state index >= 15 is 0 Å². The van der Waals surface area contributed by atoms with E-state index in [2.05, 4.69) is 116 Å². The monoisotopic (exact) mass is 428 g/mol. The minimum atomic E-state index is 0.121. The number of hydrogen-bond acceptors (Lipinski definition) is 0. The number of rotatable bonds is 3. The number of benzene rings is 4. The first-order valence-electron chi connectivity index (χ1n) is 12.3. The lowest BCUT2D eigenvalue weighted by molar-refractivity contribution is -0.756. The molecule has 1 heteroatoms. The van der Waals surface area contributed by atoms with Gasteiger partial charge in [-0.25, -0.2) is 0 Å². The second kappa shape index (κ2) is 7.85. The minimum absolute atomic E-state index is 0.121. The Morgan fingerprint density at radius 1 is 0.667 bits per heavy atom. The highest BCUT2D eigenvalue weighted by atomic mass is 15.1. The Bertz CT molecular complexity index is 1480. The molecule has 0 amide bonds. The standard InChI is InChI=1S/C32H30N/c1-3-32(4-2)21-20-25-19-18-24-12-6-8-15-27(24)30(25)31-29(17-10-22-33(31)32)28-16-9-13-23-11-5-7-14-26(23)28/h5-19,22H,3-4,20-21H2,1-2H3/q+1. The van der Waals surface area contributed by atoms with Gasteiger partial charge in [0.2, 0.25) is 5.69 Å². The molecule has 0 saturated heterocycles. The zero-order valence-corrected chi connectivity index (χ0v) is 19.5. The highest BCUT2D eigenvalue weighted by molar-refractivity contribution is 6.04. The van der Waals surface area contributed by atoms with Gasteiger partial charge in [0, 0.05) is 25.3 Å². The van der Waals surface area contributed by atoms with Crippen molar-refractivity contribution in [3.05, 3.63) is 103 Å². The van der Waals surface area contributed by atoms with E-state index in [9.17, 15) is 0 Å². The van der Waals surface area contributed by atoms with Crippen molar-refractivity contribution >= 4 is 21.5 Å². The maximum Gasteiger partial charge on any atom is 0.221 e. The molecule has 1 aromatic heterocycles. The van der Waals surface area contributed by atoms with E-state index in [1.165, 1.54) is 55.9 Å². The molecule has 1 aliphatic rings. The Morgan fingerprint density at radius 2 is 1.33 bits per heavy atom. The van der Waals surface area contributed by atoms with E-state index in [4.69, 9.17) is 0 Å². The molecule has 1 nitrogen and oxygen atoms in total. The third-order valence-electron chi connectivity index (χ3n) is 8.01. The van der Waals surface area contributed by atoms with Crippen molar-refractivity contribution in [2.75, 3.05) is 0 Å². The van der Waals surface area contributed by atoms with E-state index < -0.39 is 0 Å². The Hall–Kier alpha value is -3.45. The molecule has 0 aliphatic carbocycles. The van der Waals surface area contributed by atoms with Crippen LogP contribution < -0.4 is 4.57 Å². The normalized spacial score (nSPS) is 14.6. The van der Waals surface area contributed by atoms with Gasteiger partial charge in [-0.2, -0.15) is 4.57 Å². The van der Waals surface area contributed by atoms with Gasteiger partial charge in [-0.1, -0.05) is 92.7 Å². The molecule has 0 spiro atoms. The summed E-state index contributed by atoms with van der Waals surface area (Å²) in [6.07, 6.45) is 6.88. The van der Waals surface area contributed by atoms with Gasteiger partial charge in [0.1, 0.15) is 0 Å². The van der Waals surface area contributed by atoms with Crippen LogP contribution >= 0.6 is 0 Å². The molecule has 0 bridgehead atoms. The first-order chi connectivity index (χ1) is 16.3. The molecule has 6 rings (SSSR count). The van der Waals surface area contributed by atoms with Crippen LogP contribution in [0.3, 0.4) is 0 Å². The summed E-state index contributed by atoms with van der Waals surface area (Å²) >= 11 is 0. The van der Waals surface area contributed by atoms with Gasteiger partial charge in [-0.3, -0.25) is 0 Å². The predicted octanol–water partition coefficient (Wildman–Crippen LogP) is 8.08. The van der Waals surface area contributed by atoms with Crippen molar-refractivity contribution in [3.63, 3.8) is 0 Å². The summed E-state index contributed by atoms with van der Waals surface area (Å²) < 4.78 is 2.64. The zero-order chi connectivity index (χ0) is 22.4. The molecule has 0 radical (unpaired) electrons. The van der Waals surface area contributed by atoms with Gasteiger partial charge in [0.05, 0.1) is 11.1 Å². The predicted molar refractivity (Wildman–Crippen MR) is 139 cm³/mol. The average Bonchev–Trinajstić information content (AvgIpc) is 3.03. The van der Waals surface area contributed by atoms with Crippen LogP contribution in [0.25, 0.3) is 43.9 Å². The van der Waals surface area contributed by atoms with Crippen molar-refractivity contribution in [3.8, 4) is 22.4 Å². The largest absolute Gasteiger partial charge is 0.221 e. The number of aromatic nitrogens is 1. The van der Waals surface area contributed by atoms with Gasteiger partial charge < -0.3 is 0 Å². The van der Waals surface area contributed by atoms with Gasteiger partial charge in [-0.15, -0.1) is 0 Å². The molecule has 2 heterocycles. The molecule has 5 aromatic rings. The highest BCUT2D eigenvalue weighted by Crippen LogP contribution is 2.43. The van der Waals surface area contributed by atoms with E-state index in [1.807, 2.05) is 0 Å². The van der Waals surface area contributed by atoms with Crippen LogP contribution in [-0.2, 0) is 12.0 Å².